The summed E-state index contributed by atoms with van der Waals surface area (Å²) in [6.45, 7) is 5.92. The molecule has 0 saturated heterocycles. The molecular weight excluding hydrogens is 242 g/mol. The van der Waals surface area contributed by atoms with Crippen molar-refractivity contribution in [3.8, 4) is 0 Å². The zero-order chi connectivity index (χ0) is 13.9. The molecule has 1 aromatic rings. The van der Waals surface area contributed by atoms with E-state index in [1.807, 2.05) is 0 Å². The van der Waals surface area contributed by atoms with E-state index in [1.54, 1.807) is 11.1 Å². The van der Waals surface area contributed by atoms with E-state index in [4.69, 9.17) is 0 Å². The minimum atomic E-state index is 0.500. The van der Waals surface area contributed by atoms with Crippen LogP contribution < -0.4 is 5.32 Å². The van der Waals surface area contributed by atoms with Crippen molar-refractivity contribution in [3.63, 3.8) is 0 Å². The molecule has 1 aromatic carbocycles. The van der Waals surface area contributed by atoms with E-state index in [-0.39, 0.29) is 0 Å². The van der Waals surface area contributed by atoms with Gasteiger partial charge in [-0.3, -0.25) is 0 Å². The monoisotopic (exact) mass is 271 g/mol. The van der Waals surface area contributed by atoms with Crippen molar-refractivity contribution >= 4 is 0 Å². The van der Waals surface area contributed by atoms with Crippen LogP contribution in [-0.2, 0) is 12.8 Å². The van der Waals surface area contributed by atoms with Crippen LogP contribution in [0.15, 0.2) is 18.2 Å². The van der Waals surface area contributed by atoms with E-state index in [1.165, 1.54) is 57.1 Å². The van der Waals surface area contributed by atoms with Crippen LogP contribution in [0.4, 0.5) is 0 Å². The van der Waals surface area contributed by atoms with Crippen molar-refractivity contribution in [1.29, 1.82) is 0 Å². The highest BCUT2D eigenvalue weighted by Crippen LogP contribution is 2.29. The molecule has 0 bridgehead atoms. The Labute approximate surface area is 124 Å². The maximum absolute atomic E-state index is 3.77. The maximum Gasteiger partial charge on any atom is 0.0292 e. The van der Waals surface area contributed by atoms with Crippen LogP contribution in [0, 0.1) is 11.8 Å². The molecule has 110 valence electrons. The van der Waals surface area contributed by atoms with Gasteiger partial charge in [0.15, 0.2) is 0 Å². The summed E-state index contributed by atoms with van der Waals surface area (Å²) in [7, 11) is 0. The van der Waals surface area contributed by atoms with E-state index in [2.05, 4.69) is 37.4 Å². The molecule has 1 nitrogen and oxygen atoms in total. The normalized spacial score (nSPS) is 27.3. The van der Waals surface area contributed by atoms with Gasteiger partial charge in [0.25, 0.3) is 0 Å². The SMILES string of the molecule is CC1CCC(CNC(C)c2ccc3c(c2)CCC3)CC1. The third kappa shape index (κ3) is 3.25. The largest absolute Gasteiger partial charge is 0.310 e. The molecule has 2 aliphatic rings. The number of benzene rings is 1. The summed E-state index contributed by atoms with van der Waals surface area (Å²) < 4.78 is 0. The standard InChI is InChI=1S/C19H29N/c1-14-6-8-16(9-7-14)13-20-15(2)18-11-10-17-4-3-5-19(17)12-18/h10-12,14-16,20H,3-9,13H2,1-2H3. The van der Waals surface area contributed by atoms with E-state index >= 15 is 0 Å². The van der Waals surface area contributed by atoms with Crippen LogP contribution in [-0.4, -0.2) is 6.54 Å². The molecule has 2 aliphatic carbocycles. The van der Waals surface area contributed by atoms with Gasteiger partial charge in [-0.2, -0.15) is 0 Å². The first-order valence-electron chi connectivity index (χ1n) is 8.57. The zero-order valence-electron chi connectivity index (χ0n) is 13.1. The lowest BCUT2D eigenvalue weighted by atomic mass is 9.83. The fraction of sp³-hybridized carbons (Fsp3) is 0.684. The molecule has 20 heavy (non-hydrogen) atoms. The molecule has 0 heterocycles. The maximum atomic E-state index is 3.77. The third-order valence-electron chi connectivity index (χ3n) is 5.47. The van der Waals surface area contributed by atoms with Crippen LogP contribution in [0.25, 0.3) is 0 Å². The van der Waals surface area contributed by atoms with Gasteiger partial charge in [-0.1, -0.05) is 38.0 Å². The van der Waals surface area contributed by atoms with Crippen LogP contribution >= 0.6 is 0 Å². The van der Waals surface area contributed by atoms with Gasteiger partial charge in [-0.15, -0.1) is 0 Å². The number of rotatable bonds is 4. The number of hydrogen-bond donors (Lipinski definition) is 1. The summed E-state index contributed by atoms with van der Waals surface area (Å²) in [6, 6.07) is 7.64. The first-order chi connectivity index (χ1) is 9.72. The molecule has 0 spiro atoms. The average Bonchev–Trinajstić information content (AvgIpc) is 2.93. The minimum absolute atomic E-state index is 0.500. The molecule has 3 rings (SSSR count). The Morgan fingerprint density at radius 1 is 1.10 bits per heavy atom. The van der Waals surface area contributed by atoms with Crippen LogP contribution in [0.1, 0.15) is 68.7 Å². The molecule has 1 unspecified atom stereocenters. The fourth-order valence-electron chi connectivity index (χ4n) is 3.86. The molecule has 1 heteroatoms. The first-order valence-corrected chi connectivity index (χ1v) is 8.57. The van der Waals surface area contributed by atoms with Gasteiger partial charge in [-0.05, 0) is 74.1 Å². The molecule has 0 aliphatic heterocycles. The third-order valence-corrected chi connectivity index (χ3v) is 5.47. The Morgan fingerprint density at radius 3 is 2.65 bits per heavy atom. The van der Waals surface area contributed by atoms with Crippen molar-refractivity contribution in [1.82, 2.24) is 5.32 Å². The van der Waals surface area contributed by atoms with E-state index < -0.39 is 0 Å². The lowest BCUT2D eigenvalue weighted by Crippen LogP contribution is -2.28. The summed E-state index contributed by atoms with van der Waals surface area (Å²) in [6.07, 6.45) is 9.63. The highest BCUT2D eigenvalue weighted by Gasteiger charge is 2.19. The van der Waals surface area contributed by atoms with E-state index in [9.17, 15) is 0 Å². The van der Waals surface area contributed by atoms with Gasteiger partial charge in [0, 0.05) is 6.04 Å². The lowest BCUT2D eigenvalue weighted by Gasteiger charge is -2.27. The minimum Gasteiger partial charge on any atom is -0.310 e. The lowest BCUT2D eigenvalue weighted by molar-refractivity contribution is 0.276. The van der Waals surface area contributed by atoms with Crippen molar-refractivity contribution in [2.24, 2.45) is 11.8 Å². The smallest absolute Gasteiger partial charge is 0.0292 e. The molecule has 1 fully saturated rings. The van der Waals surface area contributed by atoms with Crippen LogP contribution in [0.3, 0.4) is 0 Å². The summed E-state index contributed by atoms with van der Waals surface area (Å²) >= 11 is 0. The van der Waals surface area contributed by atoms with Gasteiger partial charge in [0.2, 0.25) is 0 Å². The molecule has 1 N–H and O–H groups in total. The highest BCUT2D eigenvalue weighted by molar-refractivity contribution is 5.36. The van der Waals surface area contributed by atoms with Gasteiger partial charge >= 0.3 is 0 Å². The van der Waals surface area contributed by atoms with Gasteiger partial charge in [-0.25, -0.2) is 0 Å². The summed E-state index contributed by atoms with van der Waals surface area (Å²) in [4.78, 5) is 0. The van der Waals surface area contributed by atoms with Crippen LogP contribution in [0.5, 0.6) is 0 Å². The fourth-order valence-corrected chi connectivity index (χ4v) is 3.86. The Balaban J connectivity index is 1.52. The van der Waals surface area contributed by atoms with Crippen molar-refractivity contribution < 1.29 is 0 Å². The second kappa shape index (κ2) is 6.30. The first kappa shape index (κ1) is 14.1. The van der Waals surface area contributed by atoms with E-state index in [0.717, 1.165) is 11.8 Å². The second-order valence-electron chi connectivity index (χ2n) is 7.14. The average molecular weight is 271 g/mol. The summed E-state index contributed by atoms with van der Waals surface area (Å²) in [5.41, 5.74) is 4.67. The van der Waals surface area contributed by atoms with E-state index in [0.29, 0.717) is 6.04 Å². The molecule has 0 aromatic heterocycles. The molecule has 0 radical (unpaired) electrons. The Morgan fingerprint density at radius 2 is 1.85 bits per heavy atom. The molecule has 1 atom stereocenters. The molecule has 1 saturated carbocycles. The number of fused-ring (bicyclic) bond motifs is 1. The number of hydrogen-bond acceptors (Lipinski definition) is 1. The predicted octanol–water partition coefficient (Wildman–Crippen LogP) is 4.65. The van der Waals surface area contributed by atoms with Crippen LogP contribution in [0.2, 0.25) is 0 Å². The number of aryl methyl sites for hydroxylation is 2. The van der Waals surface area contributed by atoms with Gasteiger partial charge in [0.1, 0.15) is 0 Å². The topological polar surface area (TPSA) is 12.0 Å². The zero-order valence-corrected chi connectivity index (χ0v) is 13.1. The van der Waals surface area contributed by atoms with Gasteiger partial charge in [0.05, 0.1) is 0 Å². The molecule has 0 amide bonds. The predicted molar refractivity (Wildman–Crippen MR) is 86.0 cm³/mol. The van der Waals surface area contributed by atoms with Crippen molar-refractivity contribution in [2.75, 3.05) is 6.54 Å². The quantitative estimate of drug-likeness (QED) is 0.840. The molecular formula is C19H29N. The van der Waals surface area contributed by atoms with Crippen molar-refractivity contribution in [3.05, 3.63) is 34.9 Å². The van der Waals surface area contributed by atoms with Crippen molar-refractivity contribution in [2.45, 2.75) is 64.8 Å². The Bertz CT molecular complexity index is 443. The number of nitrogens with one attached hydrogen (secondary N) is 1. The Hall–Kier alpha value is -0.820. The van der Waals surface area contributed by atoms with Gasteiger partial charge < -0.3 is 5.32 Å². The Kier molecular flexibility index (Phi) is 4.45. The highest BCUT2D eigenvalue weighted by atomic mass is 14.9. The summed E-state index contributed by atoms with van der Waals surface area (Å²) in [5, 5.41) is 3.77. The summed E-state index contributed by atoms with van der Waals surface area (Å²) in [5.74, 6) is 1.86. The second-order valence-corrected chi connectivity index (χ2v) is 7.14.